The van der Waals surface area contributed by atoms with Gasteiger partial charge in [-0.25, -0.2) is 0 Å². The Labute approximate surface area is 80.8 Å². The van der Waals surface area contributed by atoms with Crippen molar-refractivity contribution in [3.8, 4) is 0 Å². The Kier molecular flexibility index (Phi) is 3.62. The van der Waals surface area contributed by atoms with E-state index in [9.17, 15) is 4.79 Å². The minimum atomic E-state index is -0.0219. The molecule has 11 heavy (non-hydrogen) atoms. The number of hydrogen-bond donors (Lipinski definition) is 0. The number of esters is 1. The molecular weight excluding hydrogens is 255 g/mol. The van der Waals surface area contributed by atoms with Crippen molar-refractivity contribution < 1.29 is 9.53 Å². The molecule has 2 nitrogen and oxygen atoms in total. The zero-order chi connectivity index (χ0) is 8.27. The van der Waals surface area contributed by atoms with Crippen LogP contribution in [0.3, 0.4) is 0 Å². The first-order chi connectivity index (χ1) is 5.24. The summed E-state index contributed by atoms with van der Waals surface area (Å²) in [5.74, 6) is 0.155. The van der Waals surface area contributed by atoms with Gasteiger partial charge in [0.05, 0.1) is 13.0 Å². The minimum absolute atomic E-state index is 0.0219. The summed E-state index contributed by atoms with van der Waals surface area (Å²) in [5.41, 5.74) is 0. The zero-order valence-corrected chi connectivity index (χ0v) is 8.84. The second kappa shape index (κ2) is 4.28. The van der Waals surface area contributed by atoms with Gasteiger partial charge in [0.1, 0.15) is 0 Å². The predicted molar refractivity (Wildman–Crippen MR) is 51.8 cm³/mol. The van der Waals surface area contributed by atoms with Crippen LogP contribution in [0, 0.1) is 5.92 Å². The maximum atomic E-state index is 11.1. The van der Waals surface area contributed by atoms with E-state index >= 15 is 0 Å². The molecule has 0 N–H and O–H groups in total. The van der Waals surface area contributed by atoms with Crippen molar-refractivity contribution in [3.63, 3.8) is 0 Å². The molecule has 0 heterocycles. The predicted octanol–water partition coefficient (Wildman–Crippen LogP) is 2.15. The summed E-state index contributed by atoms with van der Waals surface area (Å²) in [6.45, 7) is 0. The Hall–Kier alpha value is 0.200. The number of methoxy groups -OCH3 is 1. The van der Waals surface area contributed by atoms with E-state index in [1.165, 1.54) is 20.0 Å². The molecule has 0 aromatic carbocycles. The van der Waals surface area contributed by atoms with E-state index in [1.807, 2.05) is 0 Å². The number of ether oxygens (including phenoxy) is 1. The Morgan fingerprint density at radius 3 is 2.82 bits per heavy atom. The standard InChI is InChI=1S/C8H13IO2/c1-11-8(10)6-3-2-4-7(9)5-6/h6-7H,2-5H2,1H3. The van der Waals surface area contributed by atoms with Crippen LogP contribution in [0.15, 0.2) is 0 Å². The number of halogens is 1. The molecule has 2 atom stereocenters. The molecule has 0 saturated heterocycles. The van der Waals surface area contributed by atoms with Gasteiger partial charge in [0.2, 0.25) is 0 Å². The fraction of sp³-hybridized carbons (Fsp3) is 0.875. The van der Waals surface area contributed by atoms with E-state index in [-0.39, 0.29) is 11.9 Å². The van der Waals surface area contributed by atoms with Crippen molar-refractivity contribution in [2.75, 3.05) is 7.11 Å². The zero-order valence-electron chi connectivity index (χ0n) is 6.68. The number of alkyl halides is 1. The molecule has 3 heteroatoms. The molecule has 0 amide bonds. The first-order valence-corrected chi connectivity index (χ1v) is 5.20. The van der Waals surface area contributed by atoms with Gasteiger partial charge in [-0.2, -0.15) is 0 Å². The summed E-state index contributed by atoms with van der Waals surface area (Å²) in [6.07, 6.45) is 4.46. The molecule has 64 valence electrons. The fourth-order valence-electron chi connectivity index (χ4n) is 1.51. The van der Waals surface area contributed by atoms with Crippen molar-refractivity contribution in [1.82, 2.24) is 0 Å². The van der Waals surface area contributed by atoms with E-state index in [4.69, 9.17) is 4.74 Å². The quantitative estimate of drug-likeness (QED) is 0.414. The van der Waals surface area contributed by atoms with Gasteiger partial charge in [-0.05, 0) is 19.3 Å². The lowest BCUT2D eigenvalue weighted by Crippen LogP contribution is -2.23. The SMILES string of the molecule is COC(=O)C1CCCC(I)C1. The third kappa shape index (κ3) is 2.61. The molecule has 0 aliphatic heterocycles. The molecule has 1 aliphatic rings. The Bertz CT molecular complexity index is 147. The minimum Gasteiger partial charge on any atom is -0.469 e. The molecule has 0 aromatic rings. The highest BCUT2D eigenvalue weighted by Crippen LogP contribution is 2.29. The smallest absolute Gasteiger partial charge is 0.308 e. The molecule has 1 saturated carbocycles. The molecule has 1 aliphatic carbocycles. The van der Waals surface area contributed by atoms with Crippen molar-refractivity contribution in [3.05, 3.63) is 0 Å². The second-order valence-corrected chi connectivity index (χ2v) is 4.75. The maximum absolute atomic E-state index is 11.1. The van der Waals surface area contributed by atoms with Crippen molar-refractivity contribution in [2.24, 2.45) is 5.92 Å². The fourth-order valence-corrected chi connectivity index (χ4v) is 2.57. The highest BCUT2D eigenvalue weighted by atomic mass is 127. The van der Waals surface area contributed by atoms with Crippen LogP contribution in [0.2, 0.25) is 0 Å². The van der Waals surface area contributed by atoms with E-state index in [2.05, 4.69) is 22.6 Å². The van der Waals surface area contributed by atoms with Gasteiger partial charge in [0.25, 0.3) is 0 Å². The van der Waals surface area contributed by atoms with Crippen LogP contribution in [0.1, 0.15) is 25.7 Å². The van der Waals surface area contributed by atoms with E-state index in [0.717, 1.165) is 12.8 Å². The third-order valence-electron chi connectivity index (χ3n) is 2.14. The molecule has 0 radical (unpaired) electrons. The van der Waals surface area contributed by atoms with Crippen LogP contribution in [0.4, 0.5) is 0 Å². The van der Waals surface area contributed by atoms with Crippen molar-refractivity contribution in [2.45, 2.75) is 29.6 Å². The lowest BCUT2D eigenvalue weighted by Gasteiger charge is -2.23. The first kappa shape index (κ1) is 9.29. The first-order valence-electron chi connectivity index (χ1n) is 3.96. The summed E-state index contributed by atoms with van der Waals surface area (Å²) in [5, 5.41) is 0. The molecule has 0 spiro atoms. The van der Waals surface area contributed by atoms with Gasteiger partial charge in [-0.3, -0.25) is 4.79 Å². The molecule has 2 unspecified atom stereocenters. The maximum Gasteiger partial charge on any atom is 0.308 e. The largest absolute Gasteiger partial charge is 0.469 e. The summed E-state index contributed by atoms with van der Waals surface area (Å²) >= 11 is 2.41. The van der Waals surface area contributed by atoms with Gasteiger partial charge >= 0.3 is 5.97 Å². The lowest BCUT2D eigenvalue weighted by atomic mass is 9.89. The monoisotopic (exact) mass is 268 g/mol. The van der Waals surface area contributed by atoms with Crippen molar-refractivity contribution in [1.29, 1.82) is 0 Å². The van der Waals surface area contributed by atoms with Crippen LogP contribution in [0.5, 0.6) is 0 Å². The second-order valence-electron chi connectivity index (χ2n) is 2.98. The Balaban J connectivity index is 2.39. The molecule has 1 fully saturated rings. The lowest BCUT2D eigenvalue weighted by molar-refractivity contribution is -0.146. The summed E-state index contributed by atoms with van der Waals surface area (Å²) in [6, 6.07) is 0. The van der Waals surface area contributed by atoms with Crippen molar-refractivity contribution >= 4 is 28.6 Å². The highest BCUT2D eigenvalue weighted by Gasteiger charge is 2.25. The van der Waals surface area contributed by atoms with Gasteiger partial charge in [-0.15, -0.1) is 0 Å². The van der Waals surface area contributed by atoms with Gasteiger partial charge in [0, 0.05) is 3.92 Å². The van der Waals surface area contributed by atoms with Gasteiger partial charge in [-0.1, -0.05) is 29.0 Å². The average Bonchev–Trinajstić information content (AvgIpc) is 2.03. The third-order valence-corrected chi connectivity index (χ3v) is 3.28. The highest BCUT2D eigenvalue weighted by molar-refractivity contribution is 14.1. The number of hydrogen-bond acceptors (Lipinski definition) is 2. The molecule has 0 bridgehead atoms. The van der Waals surface area contributed by atoms with E-state index in [1.54, 1.807) is 0 Å². The molecule has 0 aromatic heterocycles. The Morgan fingerprint density at radius 2 is 2.27 bits per heavy atom. The summed E-state index contributed by atoms with van der Waals surface area (Å²) < 4.78 is 5.37. The number of rotatable bonds is 1. The topological polar surface area (TPSA) is 26.3 Å². The molecular formula is C8H13IO2. The summed E-state index contributed by atoms with van der Waals surface area (Å²) in [4.78, 5) is 11.1. The Morgan fingerprint density at radius 1 is 1.55 bits per heavy atom. The molecule has 1 rings (SSSR count). The van der Waals surface area contributed by atoms with Crippen LogP contribution in [-0.4, -0.2) is 17.0 Å². The average molecular weight is 268 g/mol. The van der Waals surface area contributed by atoms with Gasteiger partial charge in [0.15, 0.2) is 0 Å². The van der Waals surface area contributed by atoms with E-state index in [0.29, 0.717) is 3.92 Å². The van der Waals surface area contributed by atoms with Crippen LogP contribution in [0.25, 0.3) is 0 Å². The van der Waals surface area contributed by atoms with Crippen LogP contribution >= 0.6 is 22.6 Å². The number of carbonyl (C=O) groups excluding carboxylic acids is 1. The van der Waals surface area contributed by atoms with Crippen LogP contribution < -0.4 is 0 Å². The number of carbonyl (C=O) groups is 1. The van der Waals surface area contributed by atoms with E-state index < -0.39 is 0 Å². The van der Waals surface area contributed by atoms with Gasteiger partial charge < -0.3 is 4.74 Å². The normalized spacial score (nSPS) is 31.5. The summed E-state index contributed by atoms with van der Waals surface area (Å²) in [7, 11) is 1.47. The van der Waals surface area contributed by atoms with Crippen LogP contribution in [-0.2, 0) is 9.53 Å².